The van der Waals surface area contributed by atoms with Crippen molar-refractivity contribution in [2.45, 2.75) is 25.3 Å². The van der Waals surface area contributed by atoms with Crippen molar-refractivity contribution < 1.29 is 19.6 Å². The summed E-state index contributed by atoms with van der Waals surface area (Å²) in [6, 6.07) is 9.77. The number of carbonyl (C=O) groups excluding carboxylic acids is 2. The molecule has 3 N–H and O–H groups in total. The van der Waals surface area contributed by atoms with Crippen LogP contribution in [0.2, 0.25) is 0 Å². The number of nitrogens with two attached hydrogens (primary N) is 1. The van der Waals surface area contributed by atoms with Gasteiger partial charge in [-0.05, 0) is 18.4 Å². The van der Waals surface area contributed by atoms with Crippen LogP contribution in [-0.4, -0.2) is 37.6 Å². The Morgan fingerprint density at radius 1 is 1.35 bits per heavy atom. The van der Waals surface area contributed by atoms with E-state index < -0.39 is 0 Å². The van der Waals surface area contributed by atoms with Gasteiger partial charge in [-0.1, -0.05) is 30.3 Å². The van der Waals surface area contributed by atoms with Gasteiger partial charge in [0.15, 0.2) is 6.04 Å². The molecule has 1 fully saturated rings. The summed E-state index contributed by atoms with van der Waals surface area (Å²) in [5.41, 5.74) is 1.24. The summed E-state index contributed by atoms with van der Waals surface area (Å²) in [6.45, 7) is 1.89. The highest BCUT2D eigenvalue weighted by Crippen LogP contribution is 2.03. The van der Waals surface area contributed by atoms with Crippen molar-refractivity contribution in [1.29, 1.82) is 0 Å². The quantitative estimate of drug-likeness (QED) is 0.550. The normalized spacial score (nSPS) is 18.4. The zero-order chi connectivity index (χ0) is 14.2. The first-order chi connectivity index (χ1) is 9.75. The predicted octanol–water partition coefficient (Wildman–Crippen LogP) is -0.386. The molecule has 5 nitrogen and oxygen atoms in total. The monoisotopic (exact) mass is 277 g/mol. The largest absolute Gasteiger partial charge is 0.465 e. The minimum absolute atomic E-state index is 0.0718. The van der Waals surface area contributed by atoms with E-state index in [1.54, 1.807) is 0 Å². The van der Waals surface area contributed by atoms with Gasteiger partial charge >= 0.3 is 5.97 Å². The number of benzene rings is 1. The zero-order valence-electron chi connectivity index (χ0n) is 11.5. The first-order valence-corrected chi connectivity index (χ1v) is 7.06. The smallest absolute Gasteiger partial charge is 0.312 e. The van der Waals surface area contributed by atoms with Gasteiger partial charge in [0, 0.05) is 0 Å². The first-order valence-electron chi connectivity index (χ1n) is 7.06. The fourth-order valence-corrected chi connectivity index (χ4v) is 2.24. The highest BCUT2D eigenvalue weighted by molar-refractivity contribution is 5.85. The Kier molecular flexibility index (Phi) is 5.55. The van der Waals surface area contributed by atoms with Crippen LogP contribution in [0.4, 0.5) is 0 Å². The molecule has 0 unspecified atom stereocenters. The molecular formula is C15H21N2O3+. The molecular weight excluding hydrogens is 256 g/mol. The van der Waals surface area contributed by atoms with Gasteiger partial charge in [-0.25, -0.2) is 0 Å². The Morgan fingerprint density at radius 3 is 2.90 bits per heavy atom. The standard InChI is InChI=1S/C15H20N2O3/c18-14(11-13-15(19)17-9-8-16-13)20-10-4-7-12-5-2-1-3-6-12/h1-3,5-6,13,16H,4,7-11H2,(H,17,19)/p+1/t13-/m1/s1. The summed E-state index contributed by atoms with van der Waals surface area (Å²) < 4.78 is 5.18. The average Bonchev–Trinajstić information content (AvgIpc) is 2.47. The topological polar surface area (TPSA) is 72.0 Å². The molecule has 1 aliphatic rings. The number of hydrogen-bond acceptors (Lipinski definition) is 3. The molecule has 1 aromatic rings. The van der Waals surface area contributed by atoms with E-state index in [2.05, 4.69) is 17.4 Å². The maximum absolute atomic E-state index is 11.6. The second-order valence-corrected chi connectivity index (χ2v) is 4.94. The van der Waals surface area contributed by atoms with Crippen molar-refractivity contribution in [1.82, 2.24) is 5.32 Å². The highest BCUT2D eigenvalue weighted by Gasteiger charge is 2.28. The molecule has 0 bridgehead atoms. The van der Waals surface area contributed by atoms with Gasteiger partial charge in [-0.2, -0.15) is 0 Å². The molecule has 0 spiro atoms. The molecule has 5 heteroatoms. The molecule has 1 aliphatic heterocycles. The maximum atomic E-state index is 11.6. The van der Waals surface area contributed by atoms with E-state index >= 15 is 0 Å². The van der Waals surface area contributed by atoms with Crippen molar-refractivity contribution in [2.75, 3.05) is 19.7 Å². The fraction of sp³-hybridized carbons (Fsp3) is 0.467. The van der Waals surface area contributed by atoms with Crippen molar-refractivity contribution in [3.8, 4) is 0 Å². The van der Waals surface area contributed by atoms with E-state index in [4.69, 9.17) is 4.74 Å². The van der Waals surface area contributed by atoms with Crippen molar-refractivity contribution >= 4 is 11.9 Å². The van der Waals surface area contributed by atoms with Crippen LogP contribution in [0.3, 0.4) is 0 Å². The molecule has 0 aromatic heterocycles. The van der Waals surface area contributed by atoms with Gasteiger partial charge in [0.25, 0.3) is 5.91 Å². The second-order valence-electron chi connectivity index (χ2n) is 4.94. The predicted molar refractivity (Wildman–Crippen MR) is 73.9 cm³/mol. The van der Waals surface area contributed by atoms with Crippen LogP contribution in [0.1, 0.15) is 18.4 Å². The van der Waals surface area contributed by atoms with Crippen LogP contribution in [0.15, 0.2) is 30.3 Å². The van der Waals surface area contributed by atoms with Crippen LogP contribution in [0.5, 0.6) is 0 Å². The summed E-state index contributed by atoms with van der Waals surface area (Å²) in [4.78, 5) is 23.1. The van der Waals surface area contributed by atoms with Gasteiger partial charge in [0.05, 0.1) is 19.7 Å². The zero-order valence-corrected chi connectivity index (χ0v) is 11.5. The SMILES string of the molecule is O=C(C[C@H]1[NH2+]CCNC1=O)OCCCc1ccccc1. The number of quaternary nitrogens is 1. The van der Waals surface area contributed by atoms with Crippen molar-refractivity contribution in [2.24, 2.45) is 0 Å². The number of esters is 1. The van der Waals surface area contributed by atoms with Gasteiger partial charge in [-0.15, -0.1) is 0 Å². The van der Waals surface area contributed by atoms with Gasteiger partial charge in [0.1, 0.15) is 6.42 Å². The van der Waals surface area contributed by atoms with Gasteiger partial charge in [-0.3, -0.25) is 9.59 Å². The van der Waals surface area contributed by atoms with E-state index in [1.807, 2.05) is 23.5 Å². The molecule has 0 radical (unpaired) electrons. The highest BCUT2D eigenvalue weighted by atomic mass is 16.5. The van der Waals surface area contributed by atoms with Crippen LogP contribution >= 0.6 is 0 Å². The summed E-state index contributed by atoms with van der Waals surface area (Å²) in [5.74, 6) is -0.367. The van der Waals surface area contributed by atoms with E-state index in [0.717, 1.165) is 19.4 Å². The summed E-state index contributed by atoms with van der Waals surface area (Å²) in [5, 5.41) is 4.64. The Morgan fingerprint density at radius 2 is 2.15 bits per heavy atom. The lowest BCUT2D eigenvalue weighted by Crippen LogP contribution is -2.96. The number of amides is 1. The van der Waals surface area contributed by atoms with Crippen molar-refractivity contribution in [3.63, 3.8) is 0 Å². The van der Waals surface area contributed by atoms with Crippen LogP contribution < -0.4 is 10.6 Å². The molecule has 1 amide bonds. The van der Waals surface area contributed by atoms with Crippen LogP contribution in [-0.2, 0) is 20.7 Å². The van der Waals surface area contributed by atoms with Gasteiger partial charge in [0.2, 0.25) is 0 Å². The molecule has 2 rings (SSSR count). The number of aryl methyl sites for hydroxylation is 1. The lowest BCUT2D eigenvalue weighted by molar-refractivity contribution is -0.678. The first kappa shape index (κ1) is 14.5. The minimum Gasteiger partial charge on any atom is -0.465 e. The molecule has 20 heavy (non-hydrogen) atoms. The number of carbonyl (C=O) groups is 2. The van der Waals surface area contributed by atoms with Crippen LogP contribution in [0, 0.1) is 0 Å². The second kappa shape index (κ2) is 7.65. The molecule has 0 saturated carbocycles. The molecule has 108 valence electrons. The number of ether oxygens (including phenoxy) is 1. The van der Waals surface area contributed by atoms with E-state index in [1.165, 1.54) is 5.56 Å². The Balaban J connectivity index is 1.61. The summed E-state index contributed by atoms with van der Waals surface area (Å²) in [7, 11) is 0. The van der Waals surface area contributed by atoms with Gasteiger partial charge < -0.3 is 15.4 Å². The van der Waals surface area contributed by atoms with E-state index in [0.29, 0.717) is 13.2 Å². The third-order valence-electron chi connectivity index (χ3n) is 3.33. The lowest BCUT2D eigenvalue weighted by atomic mass is 10.1. The lowest BCUT2D eigenvalue weighted by Gasteiger charge is -2.19. The number of nitrogens with one attached hydrogen (secondary N) is 1. The minimum atomic E-state index is -0.328. The average molecular weight is 277 g/mol. The molecule has 1 atom stereocenters. The number of hydrogen-bond donors (Lipinski definition) is 2. The van der Waals surface area contributed by atoms with Crippen molar-refractivity contribution in [3.05, 3.63) is 35.9 Å². The number of piperazine rings is 1. The summed E-state index contributed by atoms with van der Waals surface area (Å²) in [6.07, 6.45) is 1.84. The Hall–Kier alpha value is -1.88. The third-order valence-corrected chi connectivity index (χ3v) is 3.33. The molecule has 1 heterocycles. The van der Waals surface area contributed by atoms with E-state index in [-0.39, 0.29) is 24.3 Å². The summed E-state index contributed by atoms with van der Waals surface area (Å²) >= 11 is 0. The third kappa shape index (κ3) is 4.66. The van der Waals surface area contributed by atoms with E-state index in [9.17, 15) is 9.59 Å². The molecule has 1 aromatic carbocycles. The van der Waals surface area contributed by atoms with Crippen LogP contribution in [0.25, 0.3) is 0 Å². The number of rotatable bonds is 6. The fourth-order valence-electron chi connectivity index (χ4n) is 2.24. The molecule has 1 saturated heterocycles. The molecule has 0 aliphatic carbocycles. The Labute approximate surface area is 118 Å². The maximum Gasteiger partial charge on any atom is 0.312 e. The Bertz CT molecular complexity index is 448.